The van der Waals surface area contributed by atoms with E-state index in [0.717, 1.165) is 5.56 Å². The van der Waals surface area contributed by atoms with Crippen molar-refractivity contribution in [3.05, 3.63) is 59.1 Å². The van der Waals surface area contributed by atoms with Crippen LogP contribution in [0.4, 0.5) is 18.9 Å². The summed E-state index contributed by atoms with van der Waals surface area (Å²) in [6.07, 6.45) is -4.72. The largest absolute Gasteiger partial charge is 0.573 e. The first-order valence-corrected chi connectivity index (χ1v) is 6.15. The van der Waals surface area contributed by atoms with Gasteiger partial charge in [0.2, 0.25) is 0 Å². The molecule has 2 nitrogen and oxygen atoms in total. The van der Waals surface area contributed by atoms with Crippen molar-refractivity contribution in [3.8, 4) is 5.75 Å². The van der Waals surface area contributed by atoms with Crippen molar-refractivity contribution in [2.45, 2.75) is 12.9 Å². The molecule has 0 amide bonds. The van der Waals surface area contributed by atoms with Crippen LogP contribution >= 0.6 is 11.6 Å². The highest BCUT2D eigenvalue weighted by Crippen LogP contribution is 2.30. The molecule has 0 radical (unpaired) electrons. The Kier molecular flexibility index (Phi) is 4.39. The predicted octanol–water partition coefficient (Wildman–Crippen LogP) is 4.85. The van der Waals surface area contributed by atoms with Crippen molar-refractivity contribution in [1.29, 1.82) is 0 Å². The van der Waals surface area contributed by atoms with Crippen LogP contribution in [0.5, 0.6) is 5.75 Å². The summed E-state index contributed by atoms with van der Waals surface area (Å²) in [5.74, 6) is -0.271. The fraction of sp³-hybridized carbons (Fsp3) is 0.143. The second-order valence-electron chi connectivity index (χ2n) is 3.99. The predicted molar refractivity (Wildman–Crippen MR) is 71.9 cm³/mol. The Bertz CT molecular complexity index is 587. The molecule has 106 valence electrons. The smallest absolute Gasteiger partial charge is 0.404 e. The molecule has 0 fully saturated rings. The molecule has 1 N–H and O–H groups in total. The Labute approximate surface area is 119 Å². The van der Waals surface area contributed by atoms with E-state index in [4.69, 9.17) is 11.6 Å². The summed E-state index contributed by atoms with van der Waals surface area (Å²) in [5.41, 5.74) is 1.04. The summed E-state index contributed by atoms with van der Waals surface area (Å²) in [4.78, 5) is 0. The number of hydrogen-bond donors (Lipinski definition) is 1. The third kappa shape index (κ3) is 4.06. The second kappa shape index (κ2) is 6.05. The third-order valence-corrected chi connectivity index (χ3v) is 2.91. The maximum atomic E-state index is 12.3. The summed E-state index contributed by atoms with van der Waals surface area (Å²) in [7, 11) is 0. The maximum absolute atomic E-state index is 12.3. The minimum Gasteiger partial charge on any atom is -0.404 e. The maximum Gasteiger partial charge on any atom is 0.573 e. The lowest BCUT2D eigenvalue weighted by molar-refractivity contribution is -0.274. The zero-order valence-electron chi connectivity index (χ0n) is 10.2. The van der Waals surface area contributed by atoms with Crippen LogP contribution in [0.3, 0.4) is 0 Å². The van der Waals surface area contributed by atoms with E-state index in [2.05, 4.69) is 10.1 Å². The Morgan fingerprint density at radius 2 is 1.65 bits per heavy atom. The van der Waals surface area contributed by atoms with E-state index in [1.807, 2.05) is 0 Å². The van der Waals surface area contributed by atoms with E-state index in [0.29, 0.717) is 11.6 Å². The van der Waals surface area contributed by atoms with E-state index < -0.39 is 6.36 Å². The molecule has 0 atom stereocenters. The molecular formula is C14H11ClF3NO. The lowest BCUT2D eigenvalue weighted by Gasteiger charge is -2.14. The van der Waals surface area contributed by atoms with Gasteiger partial charge in [0.25, 0.3) is 0 Å². The second-order valence-corrected chi connectivity index (χ2v) is 4.40. The third-order valence-electron chi connectivity index (χ3n) is 2.54. The molecule has 0 saturated carbocycles. The summed E-state index contributed by atoms with van der Waals surface area (Å²) in [6, 6.07) is 13.0. The van der Waals surface area contributed by atoms with Gasteiger partial charge in [-0.15, -0.1) is 13.2 Å². The van der Waals surface area contributed by atoms with Crippen LogP contribution < -0.4 is 10.1 Å². The summed E-state index contributed by atoms with van der Waals surface area (Å²) < 4.78 is 40.8. The van der Waals surface area contributed by atoms with Gasteiger partial charge in [0, 0.05) is 11.6 Å². The first-order valence-electron chi connectivity index (χ1n) is 5.78. The first kappa shape index (κ1) is 14.5. The lowest BCUT2D eigenvalue weighted by atomic mass is 10.2. The van der Waals surface area contributed by atoms with Gasteiger partial charge in [-0.2, -0.15) is 0 Å². The van der Waals surface area contributed by atoms with Gasteiger partial charge in [0.05, 0.1) is 5.69 Å². The molecule has 0 saturated heterocycles. The Morgan fingerprint density at radius 3 is 2.35 bits per heavy atom. The lowest BCUT2D eigenvalue weighted by Crippen LogP contribution is -2.18. The number of anilines is 1. The van der Waals surface area contributed by atoms with Crippen LogP contribution in [0.25, 0.3) is 0 Å². The minimum atomic E-state index is -4.72. The van der Waals surface area contributed by atoms with Crippen molar-refractivity contribution in [1.82, 2.24) is 0 Å². The molecule has 20 heavy (non-hydrogen) atoms. The molecule has 2 aromatic carbocycles. The molecular weight excluding hydrogens is 291 g/mol. The van der Waals surface area contributed by atoms with Crippen molar-refractivity contribution in [3.63, 3.8) is 0 Å². The number of ether oxygens (including phenoxy) is 1. The van der Waals surface area contributed by atoms with Crippen LogP contribution in [0, 0.1) is 0 Å². The number of benzene rings is 2. The fourth-order valence-electron chi connectivity index (χ4n) is 1.66. The molecule has 0 bridgehead atoms. The SMILES string of the molecule is FC(F)(F)Oc1ccccc1NCc1ccccc1Cl. The number of alkyl halides is 3. The van der Waals surface area contributed by atoms with Gasteiger partial charge in [0.1, 0.15) is 0 Å². The van der Waals surface area contributed by atoms with Crippen molar-refractivity contribution in [2.75, 3.05) is 5.32 Å². The van der Waals surface area contributed by atoms with Crippen LogP contribution in [-0.4, -0.2) is 6.36 Å². The Hall–Kier alpha value is -1.88. The van der Waals surface area contributed by atoms with Crippen LogP contribution in [0.2, 0.25) is 5.02 Å². The summed E-state index contributed by atoms with van der Waals surface area (Å²) >= 11 is 5.99. The highest BCUT2D eigenvalue weighted by atomic mass is 35.5. The van der Waals surface area contributed by atoms with Crippen LogP contribution in [0.1, 0.15) is 5.56 Å². The zero-order valence-corrected chi connectivity index (χ0v) is 11.0. The number of hydrogen-bond acceptors (Lipinski definition) is 2. The topological polar surface area (TPSA) is 21.3 Å². The molecule has 0 aromatic heterocycles. The van der Waals surface area contributed by atoms with E-state index >= 15 is 0 Å². The van der Waals surface area contributed by atoms with E-state index in [1.165, 1.54) is 18.2 Å². The summed E-state index contributed by atoms with van der Waals surface area (Å²) in [6.45, 7) is 0.303. The monoisotopic (exact) mass is 301 g/mol. The van der Waals surface area contributed by atoms with E-state index in [9.17, 15) is 13.2 Å². The standard InChI is InChI=1S/C14H11ClF3NO/c15-11-6-2-1-5-10(11)9-19-12-7-3-4-8-13(12)20-14(16,17)18/h1-8,19H,9H2. The normalized spacial score (nSPS) is 11.2. The van der Waals surface area contributed by atoms with Gasteiger partial charge in [-0.25, -0.2) is 0 Å². The fourth-order valence-corrected chi connectivity index (χ4v) is 1.86. The van der Waals surface area contributed by atoms with E-state index in [1.54, 1.807) is 30.3 Å². The molecule has 0 unspecified atom stereocenters. The number of halogens is 4. The average molecular weight is 302 g/mol. The van der Waals surface area contributed by atoms with Gasteiger partial charge in [-0.05, 0) is 23.8 Å². The molecule has 2 aromatic rings. The molecule has 0 aliphatic carbocycles. The number of rotatable bonds is 4. The van der Waals surface area contributed by atoms with E-state index in [-0.39, 0.29) is 11.4 Å². The minimum absolute atomic E-state index is 0.254. The highest BCUT2D eigenvalue weighted by Gasteiger charge is 2.32. The molecule has 0 heterocycles. The zero-order chi connectivity index (χ0) is 14.6. The Morgan fingerprint density at radius 1 is 1.00 bits per heavy atom. The average Bonchev–Trinajstić information content (AvgIpc) is 2.37. The number of nitrogens with one attached hydrogen (secondary N) is 1. The molecule has 0 spiro atoms. The Balaban J connectivity index is 2.12. The van der Waals surface area contributed by atoms with Crippen LogP contribution in [0.15, 0.2) is 48.5 Å². The quantitative estimate of drug-likeness (QED) is 0.871. The molecule has 0 aliphatic heterocycles. The molecule has 0 aliphatic rings. The van der Waals surface area contributed by atoms with Crippen molar-refractivity contribution in [2.24, 2.45) is 0 Å². The van der Waals surface area contributed by atoms with Crippen molar-refractivity contribution < 1.29 is 17.9 Å². The van der Waals surface area contributed by atoms with Crippen LogP contribution in [-0.2, 0) is 6.54 Å². The van der Waals surface area contributed by atoms with Gasteiger partial charge in [0.15, 0.2) is 5.75 Å². The highest BCUT2D eigenvalue weighted by molar-refractivity contribution is 6.31. The number of para-hydroxylation sites is 2. The van der Waals surface area contributed by atoms with Gasteiger partial charge < -0.3 is 10.1 Å². The van der Waals surface area contributed by atoms with Gasteiger partial charge >= 0.3 is 6.36 Å². The summed E-state index contributed by atoms with van der Waals surface area (Å²) in [5, 5.41) is 3.43. The molecule has 2 rings (SSSR count). The first-order chi connectivity index (χ1) is 9.46. The van der Waals surface area contributed by atoms with Crippen molar-refractivity contribution >= 4 is 17.3 Å². The van der Waals surface area contributed by atoms with Gasteiger partial charge in [-0.3, -0.25) is 0 Å². The molecule has 6 heteroatoms. The van der Waals surface area contributed by atoms with Gasteiger partial charge in [-0.1, -0.05) is 41.9 Å².